The van der Waals surface area contributed by atoms with Gasteiger partial charge in [0, 0.05) is 28.2 Å². The van der Waals surface area contributed by atoms with Crippen molar-refractivity contribution in [3.63, 3.8) is 0 Å². The second-order valence-corrected chi connectivity index (χ2v) is 31.2. The molecule has 4 aliphatic rings. The molecule has 12 atom stereocenters. The molecule has 0 aromatic heterocycles. The first-order chi connectivity index (χ1) is 28.8. The maximum atomic E-state index is 15.2. The van der Waals surface area contributed by atoms with Crippen LogP contribution in [0.3, 0.4) is 0 Å². The minimum Gasteiger partial charge on any atom is -0.456 e. The molecule has 2 saturated carbocycles. The molecule has 3 aliphatic carbocycles. The highest BCUT2D eigenvalue weighted by molar-refractivity contribution is 6.74. The molecule has 1 amide bonds. The number of aliphatic hydroxyl groups is 3. The van der Waals surface area contributed by atoms with Crippen LogP contribution in [-0.2, 0) is 23.1 Å². The minimum absolute atomic E-state index is 0.0571. The predicted octanol–water partition coefficient (Wildman–Crippen LogP) is 9.13. The molecule has 2 aromatic carbocycles. The second kappa shape index (κ2) is 17.3. The van der Waals surface area contributed by atoms with Crippen LogP contribution in [0, 0.1) is 28.1 Å². The molecule has 1 aliphatic heterocycles. The number of nitrogens with one attached hydrogen (secondary N) is 1. The lowest BCUT2D eigenvalue weighted by Crippen LogP contribution is -2.76. The SMILES string of the molecule is CC[Si](CC)(CC)OC1C[C@H]2OC[C@@]2(C)[C@H]2[C@H](C)[C@]3(O)C[C@H](OC(=O)[C@H](O[Si](C)(C)C(C)(C)C)[C@@H](NC(=O)c4ccccc4)c4ccccc4)C(C)=C([C@H](O)[C@H](O)[C@]12C)C3(C)C. The van der Waals surface area contributed by atoms with Gasteiger partial charge in [0.1, 0.15) is 12.2 Å². The van der Waals surface area contributed by atoms with Gasteiger partial charge in [-0.2, -0.15) is 0 Å². The average molecular weight is 892 g/mol. The molecule has 2 bridgehead atoms. The molecule has 1 unspecified atom stereocenters. The van der Waals surface area contributed by atoms with E-state index < -0.39 is 86.9 Å². The summed E-state index contributed by atoms with van der Waals surface area (Å²) in [5.74, 6) is -1.84. The van der Waals surface area contributed by atoms with Crippen molar-refractivity contribution in [2.45, 2.75) is 180 Å². The van der Waals surface area contributed by atoms with E-state index in [0.717, 1.165) is 18.1 Å². The molecule has 1 heterocycles. The smallest absolute Gasteiger partial charge is 0.337 e. The van der Waals surface area contributed by atoms with Gasteiger partial charge in [0.25, 0.3) is 5.91 Å². The molecule has 3 fully saturated rings. The summed E-state index contributed by atoms with van der Waals surface area (Å²) in [6, 6.07) is 20.1. The van der Waals surface area contributed by atoms with Gasteiger partial charge in [0.15, 0.2) is 22.7 Å². The largest absolute Gasteiger partial charge is 0.456 e. The summed E-state index contributed by atoms with van der Waals surface area (Å²) >= 11 is 0. The Balaban J connectivity index is 1.47. The third-order valence-corrected chi connectivity index (χ3v) is 26.4. The molecule has 344 valence electrons. The zero-order valence-electron chi connectivity index (χ0n) is 40.0. The first-order valence-electron chi connectivity index (χ1n) is 23.2. The summed E-state index contributed by atoms with van der Waals surface area (Å²) < 4.78 is 27.4. The Morgan fingerprint density at radius 1 is 0.935 bits per heavy atom. The molecule has 4 N–H and O–H groups in total. The highest BCUT2D eigenvalue weighted by atomic mass is 28.4. The van der Waals surface area contributed by atoms with Crippen LogP contribution >= 0.6 is 0 Å². The van der Waals surface area contributed by atoms with E-state index in [9.17, 15) is 20.1 Å². The highest BCUT2D eigenvalue weighted by Crippen LogP contribution is 2.68. The van der Waals surface area contributed by atoms with Crippen molar-refractivity contribution < 1.29 is 43.2 Å². The lowest BCUT2D eigenvalue weighted by Gasteiger charge is -2.71. The first-order valence-corrected chi connectivity index (χ1v) is 28.6. The van der Waals surface area contributed by atoms with E-state index in [2.05, 4.69) is 80.7 Å². The molecule has 2 aromatic rings. The van der Waals surface area contributed by atoms with Gasteiger partial charge in [-0.25, -0.2) is 4.79 Å². The Morgan fingerprint density at radius 3 is 2.02 bits per heavy atom. The molecule has 62 heavy (non-hydrogen) atoms. The lowest BCUT2D eigenvalue weighted by atomic mass is 9.40. The summed E-state index contributed by atoms with van der Waals surface area (Å²) in [5.41, 5.74) is -1.74. The third-order valence-electron chi connectivity index (χ3n) is 17.3. The summed E-state index contributed by atoms with van der Waals surface area (Å²) in [6.07, 6.45) is -4.78. The van der Waals surface area contributed by atoms with E-state index in [4.69, 9.17) is 18.3 Å². The monoisotopic (exact) mass is 892 g/mol. The number of amides is 1. The second-order valence-electron chi connectivity index (χ2n) is 21.7. The third kappa shape index (κ3) is 7.94. The van der Waals surface area contributed by atoms with Crippen LogP contribution < -0.4 is 5.32 Å². The number of hydrogen-bond acceptors (Lipinski definition) is 9. The van der Waals surface area contributed by atoms with E-state index in [1.165, 1.54) is 0 Å². The van der Waals surface area contributed by atoms with Crippen LogP contribution in [0.5, 0.6) is 0 Å². The number of ether oxygens (including phenoxy) is 2. The maximum absolute atomic E-state index is 15.2. The molecule has 10 nitrogen and oxygen atoms in total. The number of carbonyl (C=O) groups is 2. The topological polar surface area (TPSA) is 144 Å². The Bertz CT molecular complexity index is 1960. The van der Waals surface area contributed by atoms with Crippen molar-refractivity contribution in [2.24, 2.45) is 28.1 Å². The molecular formula is C50H77NO9Si2. The zero-order chi connectivity index (χ0) is 46.0. The normalized spacial score (nSPS) is 34.4. The number of rotatable bonds is 13. The van der Waals surface area contributed by atoms with Gasteiger partial charge in [-0.3, -0.25) is 4.79 Å². The fraction of sp³-hybridized carbons (Fsp3) is 0.680. The fourth-order valence-electron chi connectivity index (χ4n) is 12.0. The van der Waals surface area contributed by atoms with Crippen LogP contribution in [0.15, 0.2) is 71.8 Å². The van der Waals surface area contributed by atoms with Gasteiger partial charge in [0.2, 0.25) is 0 Å². The van der Waals surface area contributed by atoms with Gasteiger partial charge in [0.05, 0.1) is 36.6 Å². The van der Waals surface area contributed by atoms with Gasteiger partial charge < -0.3 is 39.0 Å². The van der Waals surface area contributed by atoms with E-state index in [1.807, 2.05) is 57.2 Å². The standard InChI is InChI=1S/C50H77NO9Si2/c1-15-62(16-2,17-3)59-37-28-36-48(11,30-57-36)42-32(5)50(56)29-35(31(4)38(47(50,9)10)40(52)43(53)49(37,42)12)58-45(55)41(60-61(13,14)46(6,7)8)39(33-24-20-18-21-25-33)51-44(54)34-26-22-19-23-27-34/h18-27,32,35-37,39-43,52-53,56H,15-17,28-30H2,1-14H3,(H,51,54)/t32-,35-,36+,37?,39-,40-,41+,42+,43-,48+,49+,50+/m0/s1. The van der Waals surface area contributed by atoms with Crippen LogP contribution in [0.1, 0.15) is 118 Å². The number of carbonyl (C=O) groups excluding carboxylic acids is 2. The van der Waals surface area contributed by atoms with E-state index >= 15 is 4.79 Å². The van der Waals surface area contributed by atoms with E-state index in [1.54, 1.807) is 24.3 Å². The molecule has 12 heteroatoms. The van der Waals surface area contributed by atoms with Crippen LogP contribution in [0.2, 0.25) is 36.3 Å². The zero-order valence-corrected chi connectivity index (χ0v) is 42.0. The summed E-state index contributed by atoms with van der Waals surface area (Å²) in [5, 5.41) is 42.2. The number of hydrogen-bond donors (Lipinski definition) is 4. The molecule has 0 radical (unpaired) electrons. The van der Waals surface area contributed by atoms with Crippen molar-refractivity contribution in [2.75, 3.05) is 6.61 Å². The van der Waals surface area contributed by atoms with Crippen LogP contribution in [0.25, 0.3) is 0 Å². The minimum atomic E-state index is -2.73. The van der Waals surface area contributed by atoms with Gasteiger partial charge in [-0.05, 0) is 90.3 Å². The number of esters is 1. The number of benzene rings is 2. The molecule has 1 saturated heterocycles. The number of aliphatic hydroxyl groups excluding tert-OH is 2. The molecule has 0 spiro atoms. The Morgan fingerprint density at radius 2 is 1.50 bits per heavy atom. The highest BCUT2D eigenvalue weighted by Gasteiger charge is 2.73. The van der Waals surface area contributed by atoms with Crippen LogP contribution in [-0.4, -0.2) is 92.7 Å². The fourth-order valence-corrected chi connectivity index (χ4v) is 16.2. The van der Waals surface area contributed by atoms with E-state index in [0.29, 0.717) is 35.3 Å². The average Bonchev–Trinajstić information content (AvgIpc) is 3.22. The Labute approximate surface area is 373 Å². The van der Waals surface area contributed by atoms with Gasteiger partial charge in [-0.1, -0.05) is 125 Å². The summed E-state index contributed by atoms with van der Waals surface area (Å²) in [7, 11) is -4.95. The van der Waals surface area contributed by atoms with Crippen molar-refractivity contribution in [3.05, 3.63) is 82.9 Å². The first kappa shape index (κ1) is 48.8. The van der Waals surface area contributed by atoms with Crippen LogP contribution in [0.4, 0.5) is 0 Å². The van der Waals surface area contributed by atoms with Crippen molar-refractivity contribution in [3.8, 4) is 0 Å². The van der Waals surface area contributed by atoms with Crippen molar-refractivity contribution >= 4 is 28.5 Å². The molecule has 6 rings (SSSR count). The van der Waals surface area contributed by atoms with Crippen molar-refractivity contribution in [1.82, 2.24) is 5.32 Å². The molecular weight excluding hydrogens is 815 g/mol. The Kier molecular flexibility index (Phi) is 13.6. The Hall–Kier alpha value is -2.69. The predicted molar refractivity (Wildman–Crippen MR) is 248 cm³/mol. The quantitative estimate of drug-likeness (QED) is 0.0880. The van der Waals surface area contributed by atoms with Gasteiger partial charge in [-0.15, -0.1) is 0 Å². The summed E-state index contributed by atoms with van der Waals surface area (Å²) in [6.45, 7) is 29.6. The maximum Gasteiger partial charge on any atom is 0.337 e. The van der Waals surface area contributed by atoms with Crippen molar-refractivity contribution in [1.29, 1.82) is 0 Å². The lowest BCUT2D eigenvalue weighted by molar-refractivity contribution is -0.326. The number of fused-ring (bicyclic) bond motifs is 5. The van der Waals surface area contributed by atoms with E-state index in [-0.39, 0.29) is 29.4 Å². The van der Waals surface area contributed by atoms with Gasteiger partial charge >= 0.3 is 5.97 Å². The summed E-state index contributed by atoms with van der Waals surface area (Å²) in [4.78, 5) is 29.2.